The van der Waals surface area contributed by atoms with Crippen LogP contribution in [-0.4, -0.2) is 52.1 Å². The lowest BCUT2D eigenvalue weighted by Crippen LogP contribution is -2.20. The van der Waals surface area contributed by atoms with Crippen molar-refractivity contribution in [2.75, 3.05) is 19.0 Å². The molecule has 30 heavy (non-hydrogen) atoms. The number of benzene rings is 1. The minimum atomic E-state index is -1.08. The Balaban J connectivity index is 1.98. The van der Waals surface area contributed by atoms with Gasteiger partial charge >= 0.3 is 5.97 Å². The maximum Gasteiger partial charge on any atom is 0.341 e. The molecule has 0 aliphatic rings. The minimum Gasteiger partial charge on any atom is -0.490 e. The van der Waals surface area contributed by atoms with E-state index in [9.17, 15) is 9.59 Å². The fourth-order valence-corrected chi connectivity index (χ4v) is 3.82. The van der Waals surface area contributed by atoms with Crippen molar-refractivity contribution in [2.24, 2.45) is 5.10 Å². The first-order valence-electron chi connectivity index (χ1n) is 8.86. The van der Waals surface area contributed by atoms with E-state index in [0.29, 0.717) is 32.4 Å². The summed E-state index contributed by atoms with van der Waals surface area (Å²) in [4.78, 5) is 31.3. The van der Waals surface area contributed by atoms with Crippen LogP contribution in [0, 0.1) is 17.4 Å². The zero-order valence-corrected chi connectivity index (χ0v) is 19.6. The highest BCUT2D eigenvalue weighted by molar-refractivity contribution is 14.1. The number of carbonyl (C=O) groups is 2. The van der Waals surface area contributed by atoms with E-state index < -0.39 is 12.6 Å². The number of halogens is 1. The van der Waals surface area contributed by atoms with Crippen molar-refractivity contribution >= 4 is 52.4 Å². The third-order valence-electron chi connectivity index (χ3n) is 3.37. The number of nitrogens with zero attached hydrogens (tertiary/aromatic N) is 3. The Bertz CT molecular complexity index is 935. The van der Waals surface area contributed by atoms with Crippen molar-refractivity contribution in [3.63, 3.8) is 0 Å². The number of amides is 1. The molecular formula is C19H21IN4O5S. The number of rotatable bonds is 10. The van der Waals surface area contributed by atoms with Crippen molar-refractivity contribution in [3.8, 4) is 11.5 Å². The van der Waals surface area contributed by atoms with Crippen LogP contribution in [0.2, 0.25) is 0 Å². The minimum absolute atomic E-state index is 0.129. The Hall–Kier alpha value is -2.41. The summed E-state index contributed by atoms with van der Waals surface area (Å²) in [5.41, 5.74) is 4.81. The number of carbonyl (C=O) groups excluding carboxylic acids is 1. The Morgan fingerprint density at radius 2 is 1.93 bits per heavy atom. The number of thioether (sulfide) groups is 1. The molecular weight excluding hydrogens is 523 g/mol. The number of hydrazone groups is 1. The second kappa shape index (κ2) is 11.7. The molecule has 1 amide bonds. The Labute approximate surface area is 191 Å². The fraction of sp³-hybridized carbons (Fsp3) is 0.316. The first-order chi connectivity index (χ1) is 14.3. The van der Waals surface area contributed by atoms with Crippen molar-refractivity contribution in [3.05, 3.63) is 38.7 Å². The molecule has 2 rings (SSSR count). The summed E-state index contributed by atoms with van der Waals surface area (Å²) in [6.07, 6.45) is 1.47. The van der Waals surface area contributed by atoms with Crippen LogP contribution in [0.3, 0.4) is 0 Å². The van der Waals surface area contributed by atoms with E-state index in [0.717, 1.165) is 11.4 Å². The number of aryl methyl sites for hydroxylation is 2. The van der Waals surface area contributed by atoms with Crippen LogP contribution in [0.5, 0.6) is 11.5 Å². The number of hydrogen-bond acceptors (Lipinski definition) is 8. The Kier molecular flexibility index (Phi) is 9.30. The lowest BCUT2D eigenvalue weighted by atomic mass is 10.2. The van der Waals surface area contributed by atoms with Crippen LogP contribution in [-0.2, 0) is 9.59 Å². The molecule has 0 unspecified atom stereocenters. The molecule has 0 aliphatic carbocycles. The van der Waals surface area contributed by atoms with Crippen molar-refractivity contribution in [2.45, 2.75) is 25.9 Å². The molecule has 0 aliphatic heterocycles. The zero-order chi connectivity index (χ0) is 22.1. The number of hydrogen-bond donors (Lipinski definition) is 2. The van der Waals surface area contributed by atoms with E-state index in [1.165, 1.54) is 18.0 Å². The number of aromatic nitrogens is 2. The van der Waals surface area contributed by atoms with Gasteiger partial charge in [0.2, 0.25) is 0 Å². The van der Waals surface area contributed by atoms with Gasteiger partial charge in [-0.15, -0.1) is 0 Å². The lowest BCUT2D eigenvalue weighted by molar-refractivity contribution is -0.139. The molecule has 0 saturated heterocycles. The molecule has 160 valence electrons. The van der Waals surface area contributed by atoms with Gasteiger partial charge in [0.1, 0.15) is 0 Å². The van der Waals surface area contributed by atoms with E-state index in [2.05, 4.69) is 20.5 Å². The standard InChI is InChI=1S/C19H21IN4O5S/c1-4-28-15-7-13(6-14(20)18(15)29-9-17(26)27)8-21-24-16(25)10-30-19-22-11(2)5-12(3)23-19/h5-8H,4,9-10H2,1-3H3,(H,24,25)(H,26,27)/b21-8-. The first kappa shape index (κ1) is 23.9. The third-order valence-corrected chi connectivity index (χ3v) is 5.02. The molecule has 0 atom stereocenters. The van der Waals surface area contributed by atoms with E-state index in [-0.39, 0.29) is 11.7 Å². The number of nitrogens with one attached hydrogen (secondary N) is 1. The molecule has 9 nitrogen and oxygen atoms in total. The molecule has 0 spiro atoms. The van der Waals surface area contributed by atoms with E-state index in [4.69, 9.17) is 14.6 Å². The molecule has 2 N–H and O–H groups in total. The van der Waals surface area contributed by atoms with E-state index in [1.54, 1.807) is 12.1 Å². The fourth-order valence-electron chi connectivity index (χ4n) is 2.30. The summed E-state index contributed by atoms with van der Waals surface area (Å²) in [5, 5.41) is 13.3. The van der Waals surface area contributed by atoms with Crippen LogP contribution in [0.4, 0.5) is 0 Å². The number of carboxylic acid groups (broad SMARTS) is 1. The molecule has 11 heteroatoms. The van der Waals surface area contributed by atoms with Gasteiger partial charge < -0.3 is 14.6 Å². The average molecular weight is 544 g/mol. The molecule has 0 radical (unpaired) electrons. The second-order valence-corrected chi connectivity index (χ2v) is 8.07. The normalized spacial score (nSPS) is 10.8. The first-order valence-corrected chi connectivity index (χ1v) is 10.9. The quantitative estimate of drug-likeness (QED) is 0.154. The van der Waals surface area contributed by atoms with Gasteiger partial charge in [0.15, 0.2) is 23.3 Å². The van der Waals surface area contributed by atoms with Gasteiger partial charge in [-0.2, -0.15) is 5.10 Å². The second-order valence-electron chi connectivity index (χ2n) is 5.96. The van der Waals surface area contributed by atoms with Crippen LogP contribution in [0.25, 0.3) is 0 Å². The Morgan fingerprint density at radius 1 is 1.23 bits per heavy atom. The number of carboxylic acids is 1. The van der Waals surface area contributed by atoms with Gasteiger partial charge in [-0.1, -0.05) is 11.8 Å². The maximum atomic E-state index is 12.0. The maximum absolute atomic E-state index is 12.0. The SMILES string of the molecule is CCOc1cc(/C=N\NC(=O)CSc2nc(C)cc(C)n2)cc(I)c1OCC(=O)O. The monoisotopic (exact) mass is 544 g/mol. The molecule has 0 saturated carbocycles. The summed E-state index contributed by atoms with van der Waals surface area (Å²) in [6, 6.07) is 5.27. The summed E-state index contributed by atoms with van der Waals surface area (Å²) in [5.74, 6) is -0.484. The molecule has 1 aromatic heterocycles. The highest BCUT2D eigenvalue weighted by atomic mass is 127. The highest BCUT2D eigenvalue weighted by Crippen LogP contribution is 2.33. The van der Waals surface area contributed by atoms with Gasteiger partial charge in [-0.3, -0.25) is 4.79 Å². The molecule has 0 bridgehead atoms. The smallest absolute Gasteiger partial charge is 0.341 e. The average Bonchev–Trinajstić information content (AvgIpc) is 2.65. The Morgan fingerprint density at radius 3 is 2.57 bits per heavy atom. The van der Waals surface area contributed by atoms with Crippen LogP contribution in [0.1, 0.15) is 23.9 Å². The largest absolute Gasteiger partial charge is 0.490 e. The summed E-state index contributed by atoms with van der Waals surface area (Å²) in [6.45, 7) is 5.47. The molecule has 2 aromatic rings. The molecule has 1 aromatic carbocycles. The molecule has 1 heterocycles. The van der Waals surface area contributed by atoms with E-state index in [1.807, 2.05) is 49.4 Å². The predicted octanol–water partition coefficient (Wildman–Crippen LogP) is 2.80. The molecule has 0 fully saturated rings. The van der Waals surface area contributed by atoms with Gasteiger partial charge in [-0.25, -0.2) is 20.2 Å². The van der Waals surface area contributed by atoms with Crippen LogP contribution < -0.4 is 14.9 Å². The van der Waals surface area contributed by atoms with Crippen molar-refractivity contribution in [1.29, 1.82) is 0 Å². The zero-order valence-electron chi connectivity index (χ0n) is 16.6. The number of ether oxygens (including phenoxy) is 2. The van der Waals surface area contributed by atoms with Gasteiger partial charge in [0.05, 0.1) is 22.1 Å². The van der Waals surface area contributed by atoms with Crippen molar-refractivity contribution < 1.29 is 24.2 Å². The summed E-state index contributed by atoms with van der Waals surface area (Å²) >= 11 is 3.25. The lowest BCUT2D eigenvalue weighted by Gasteiger charge is -2.13. The van der Waals surface area contributed by atoms with Gasteiger partial charge in [0, 0.05) is 11.4 Å². The van der Waals surface area contributed by atoms with Gasteiger partial charge in [0.25, 0.3) is 5.91 Å². The summed E-state index contributed by atoms with van der Waals surface area (Å²) in [7, 11) is 0. The number of aliphatic carboxylic acids is 1. The predicted molar refractivity (Wildman–Crippen MR) is 121 cm³/mol. The highest BCUT2D eigenvalue weighted by Gasteiger charge is 2.13. The van der Waals surface area contributed by atoms with Crippen LogP contribution >= 0.6 is 34.4 Å². The van der Waals surface area contributed by atoms with E-state index >= 15 is 0 Å². The van der Waals surface area contributed by atoms with Crippen LogP contribution in [0.15, 0.2) is 28.5 Å². The van der Waals surface area contributed by atoms with Gasteiger partial charge in [-0.05, 0) is 67.1 Å². The van der Waals surface area contributed by atoms with Crippen molar-refractivity contribution in [1.82, 2.24) is 15.4 Å². The summed E-state index contributed by atoms with van der Waals surface area (Å²) < 4.78 is 11.5. The third kappa shape index (κ3) is 7.78. The topological polar surface area (TPSA) is 123 Å².